The third-order valence-corrected chi connectivity index (χ3v) is 3.36. The Balaban J connectivity index is 2.28. The molecule has 0 amide bonds. The number of nitro benzene ring substituents is 1. The number of rotatable bonds is 5. The Morgan fingerprint density at radius 2 is 2.00 bits per heavy atom. The van der Waals surface area contributed by atoms with Gasteiger partial charge in [-0.3, -0.25) is 10.1 Å². The van der Waals surface area contributed by atoms with Gasteiger partial charge in [0, 0.05) is 12.6 Å². The maximum absolute atomic E-state index is 10.9. The predicted octanol–water partition coefficient (Wildman–Crippen LogP) is 3.72. The zero-order chi connectivity index (χ0) is 15.4. The summed E-state index contributed by atoms with van der Waals surface area (Å²) >= 11 is 0. The first-order valence-electron chi connectivity index (χ1n) is 6.69. The van der Waals surface area contributed by atoms with E-state index in [1.165, 1.54) is 11.6 Å². The molecule has 0 aromatic heterocycles. The summed E-state index contributed by atoms with van der Waals surface area (Å²) in [5.41, 5.74) is 2.90. The fourth-order valence-electron chi connectivity index (χ4n) is 2.16. The van der Waals surface area contributed by atoms with Gasteiger partial charge in [0.05, 0.1) is 10.5 Å². The molecule has 0 aliphatic heterocycles. The monoisotopic (exact) mass is 286 g/mol. The number of nitrogens with one attached hydrogen (secondary N) is 1. The molecule has 110 valence electrons. The molecule has 5 nitrogen and oxygen atoms in total. The predicted molar refractivity (Wildman–Crippen MR) is 81.9 cm³/mol. The van der Waals surface area contributed by atoms with Crippen LogP contribution >= 0.6 is 0 Å². The Labute approximate surface area is 123 Å². The lowest BCUT2D eigenvalue weighted by atomic mass is 10.1. The van der Waals surface area contributed by atoms with Crippen molar-refractivity contribution in [2.24, 2.45) is 0 Å². The van der Waals surface area contributed by atoms with Crippen LogP contribution in [0.15, 0.2) is 36.4 Å². The minimum absolute atomic E-state index is 0.0658. The van der Waals surface area contributed by atoms with Gasteiger partial charge in [-0.2, -0.15) is 0 Å². The third kappa shape index (κ3) is 3.38. The Morgan fingerprint density at radius 1 is 1.24 bits per heavy atom. The summed E-state index contributed by atoms with van der Waals surface area (Å²) < 4.78 is 5.79. The largest absolute Gasteiger partial charge is 0.457 e. The smallest absolute Gasteiger partial charge is 0.276 e. The SMILES string of the molecule is CNCc1ccc(Oc2cccc([N+](=O)[O-])c2C)cc1C. The van der Waals surface area contributed by atoms with E-state index in [9.17, 15) is 10.1 Å². The van der Waals surface area contributed by atoms with Crippen molar-refractivity contribution in [1.82, 2.24) is 5.32 Å². The molecule has 0 saturated carbocycles. The summed E-state index contributed by atoms with van der Waals surface area (Å²) in [5.74, 6) is 1.18. The minimum atomic E-state index is -0.399. The lowest BCUT2D eigenvalue weighted by molar-refractivity contribution is -0.385. The first kappa shape index (κ1) is 15.0. The second-order valence-electron chi connectivity index (χ2n) is 4.88. The van der Waals surface area contributed by atoms with E-state index in [-0.39, 0.29) is 5.69 Å². The van der Waals surface area contributed by atoms with Crippen LogP contribution in [0.4, 0.5) is 5.69 Å². The van der Waals surface area contributed by atoms with Crippen molar-refractivity contribution >= 4 is 5.69 Å². The highest BCUT2D eigenvalue weighted by Gasteiger charge is 2.14. The van der Waals surface area contributed by atoms with Gasteiger partial charge in [0.15, 0.2) is 0 Å². The third-order valence-electron chi connectivity index (χ3n) is 3.36. The van der Waals surface area contributed by atoms with E-state index >= 15 is 0 Å². The number of nitrogens with zero attached hydrogens (tertiary/aromatic N) is 1. The molecule has 2 aromatic rings. The molecule has 1 N–H and O–H groups in total. The topological polar surface area (TPSA) is 64.4 Å². The molecule has 0 saturated heterocycles. The summed E-state index contributed by atoms with van der Waals surface area (Å²) in [5, 5.41) is 14.0. The van der Waals surface area contributed by atoms with Gasteiger partial charge in [-0.05, 0) is 50.2 Å². The number of benzene rings is 2. The van der Waals surface area contributed by atoms with Crippen molar-refractivity contribution < 1.29 is 9.66 Å². The van der Waals surface area contributed by atoms with E-state index in [1.54, 1.807) is 19.1 Å². The van der Waals surface area contributed by atoms with Gasteiger partial charge < -0.3 is 10.1 Å². The second kappa shape index (κ2) is 6.37. The summed E-state index contributed by atoms with van der Waals surface area (Å²) in [6.45, 7) is 4.50. The van der Waals surface area contributed by atoms with Crippen molar-refractivity contribution in [3.05, 3.63) is 63.2 Å². The molecule has 2 aromatic carbocycles. The minimum Gasteiger partial charge on any atom is -0.457 e. The molecular formula is C16H18N2O3. The van der Waals surface area contributed by atoms with Crippen molar-refractivity contribution in [2.45, 2.75) is 20.4 Å². The van der Waals surface area contributed by atoms with Crippen LogP contribution in [0.25, 0.3) is 0 Å². The van der Waals surface area contributed by atoms with Crippen LogP contribution in [0.3, 0.4) is 0 Å². The normalized spacial score (nSPS) is 10.4. The zero-order valence-corrected chi connectivity index (χ0v) is 12.3. The van der Waals surface area contributed by atoms with Crippen LogP contribution in [0.1, 0.15) is 16.7 Å². The van der Waals surface area contributed by atoms with Crippen LogP contribution in [0.5, 0.6) is 11.5 Å². The van der Waals surface area contributed by atoms with Crippen LogP contribution in [0, 0.1) is 24.0 Å². The van der Waals surface area contributed by atoms with E-state index in [1.807, 2.05) is 32.2 Å². The maximum Gasteiger partial charge on any atom is 0.276 e. The number of hydrogen-bond donors (Lipinski definition) is 1. The second-order valence-corrected chi connectivity index (χ2v) is 4.88. The summed E-state index contributed by atoms with van der Waals surface area (Å²) in [6.07, 6.45) is 0. The van der Waals surface area contributed by atoms with Gasteiger partial charge in [0.1, 0.15) is 11.5 Å². The fraction of sp³-hybridized carbons (Fsp3) is 0.250. The molecule has 0 radical (unpaired) electrons. The lowest BCUT2D eigenvalue weighted by Crippen LogP contribution is -2.06. The van der Waals surface area contributed by atoms with Gasteiger partial charge in [-0.1, -0.05) is 12.1 Å². The zero-order valence-electron chi connectivity index (χ0n) is 12.3. The highest BCUT2D eigenvalue weighted by atomic mass is 16.6. The van der Waals surface area contributed by atoms with Crippen LogP contribution in [-0.2, 0) is 6.54 Å². The Bertz CT molecular complexity index is 669. The van der Waals surface area contributed by atoms with Crippen LogP contribution < -0.4 is 10.1 Å². The lowest BCUT2D eigenvalue weighted by Gasteiger charge is -2.11. The molecule has 21 heavy (non-hydrogen) atoms. The van der Waals surface area contributed by atoms with Crippen molar-refractivity contribution in [1.29, 1.82) is 0 Å². The van der Waals surface area contributed by atoms with E-state index in [0.717, 1.165) is 12.1 Å². The standard InChI is InChI=1S/C16H18N2O3/c1-11-9-14(8-7-13(11)10-17-3)21-16-6-4-5-15(12(16)2)18(19)20/h4-9,17H,10H2,1-3H3. The van der Waals surface area contributed by atoms with Gasteiger partial charge >= 0.3 is 0 Å². The average molecular weight is 286 g/mol. The molecule has 0 bridgehead atoms. The number of ether oxygens (including phenoxy) is 1. The molecule has 0 heterocycles. The van der Waals surface area contributed by atoms with Crippen molar-refractivity contribution in [3.8, 4) is 11.5 Å². The van der Waals surface area contributed by atoms with E-state index < -0.39 is 4.92 Å². The average Bonchev–Trinajstić information content (AvgIpc) is 2.44. The summed E-state index contributed by atoms with van der Waals surface area (Å²) in [6, 6.07) is 10.6. The molecule has 0 fully saturated rings. The van der Waals surface area contributed by atoms with Crippen LogP contribution in [-0.4, -0.2) is 12.0 Å². The number of nitro groups is 1. The highest BCUT2D eigenvalue weighted by molar-refractivity contribution is 5.50. The molecule has 2 rings (SSSR count). The first-order valence-corrected chi connectivity index (χ1v) is 6.69. The molecule has 0 atom stereocenters. The van der Waals surface area contributed by atoms with Gasteiger partial charge in [-0.15, -0.1) is 0 Å². The van der Waals surface area contributed by atoms with Crippen LogP contribution in [0.2, 0.25) is 0 Å². The molecule has 0 aliphatic rings. The van der Waals surface area contributed by atoms with E-state index in [4.69, 9.17) is 4.74 Å². The Hall–Kier alpha value is -2.40. The van der Waals surface area contributed by atoms with Crippen molar-refractivity contribution in [3.63, 3.8) is 0 Å². The maximum atomic E-state index is 10.9. The van der Waals surface area contributed by atoms with E-state index in [2.05, 4.69) is 5.32 Å². The Kier molecular flexibility index (Phi) is 4.55. The molecule has 0 aliphatic carbocycles. The number of hydrogen-bond acceptors (Lipinski definition) is 4. The van der Waals surface area contributed by atoms with Gasteiger partial charge in [0.2, 0.25) is 0 Å². The molecule has 0 unspecified atom stereocenters. The summed E-state index contributed by atoms with van der Waals surface area (Å²) in [4.78, 5) is 10.5. The molecule has 0 spiro atoms. The van der Waals surface area contributed by atoms with E-state index in [0.29, 0.717) is 17.1 Å². The van der Waals surface area contributed by atoms with Gasteiger partial charge in [-0.25, -0.2) is 0 Å². The first-order chi connectivity index (χ1) is 10.0. The quantitative estimate of drug-likeness (QED) is 0.672. The van der Waals surface area contributed by atoms with Crippen molar-refractivity contribution in [2.75, 3.05) is 7.05 Å². The molecular weight excluding hydrogens is 268 g/mol. The summed E-state index contributed by atoms with van der Waals surface area (Å²) in [7, 11) is 1.90. The number of aryl methyl sites for hydroxylation is 1. The highest BCUT2D eigenvalue weighted by Crippen LogP contribution is 2.31. The van der Waals surface area contributed by atoms with Gasteiger partial charge in [0.25, 0.3) is 5.69 Å². The fourth-order valence-corrected chi connectivity index (χ4v) is 2.16. The molecule has 5 heteroatoms. The Morgan fingerprint density at radius 3 is 2.62 bits per heavy atom.